The van der Waals surface area contributed by atoms with Crippen LogP contribution in [-0.2, 0) is 11.3 Å². The van der Waals surface area contributed by atoms with E-state index in [1.54, 1.807) is 30.3 Å². The van der Waals surface area contributed by atoms with Crippen LogP contribution in [0.5, 0.6) is 5.75 Å². The Bertz CT molecular complexity index is 984. The summed E-state index contributed by atoms with van der Waals surface area (Å²) in [5.74, 6) is 0.302. The topological polar surface area (TPSA) is 52.6 Å². The summed E-state index contributed by atoms with van der Waals surface area (Å²) >= 11 is 0. The van der Waals surface area contributed by atoms with E-state index >= 15 is 0 Å². The van der Waals surface area contributed by atoms with Crippen molar-refractivity contribution in [2.45, 2.75) is 33.0 Å². The van der Waals surface area contributed by atoms with Crippen molar-refractivity contribution in [2.75, 3.05) is 0 Å². The first-order valence-electron chi connectivity index (χ1n) is 9.45. The SMILES string of the molecule is CC(C)(C)OC(=O)c1ccc(-c2cc(C=O)ccc2OCc2ccccc2)cc1. The normalized spacial score (nSPS) is 11.0. The average molecular weight is 388 g/mol. The number of rotatable bonds is 6. The Morgan fingerprint density at radius 3 is 2.24 bits per heavy atom. The minimum absolute atomic E-state index is 0.369. The Morgan fingerprint density at radius 1 is 0.931 bits per heavy atom. The van der Waals surface area contributed by atoms with Crippen LogP contribution in [0.1, 0.15) is 47.1 Å². The van der Waals surface area contributed by atoms with Crippen molar-refractivity contribution < 1.29 is 19.1 Å². The first-order valence-corrected chi connectivity index (χ1v) is 9.45. The minimum atomic E-state index is -0.549. The molecule has 0 unspecified atom stereocenters. The van der Waals surface area contributed by atoms with Crippen LogP contribution in [0.4, 0.5) is 0 Å². The second kappa shape index (κ2) is 8.74. The Kier molecular flexibility index (Phi) is 6.13. The van der Waals surface area contributed by atoms with Gasteiger partial charge in [-0.3, -0.25) is 4.79 Å². The minimum Gasteiger partial charge on any atom is -0.488 e. The predicted molar refractivity (Wildman–Crippen MR) is 113 cm³/mol. The third-order valence-electron chi connectivity index (χ3n) is 4.21. The van der Waals surface area contributed by atoms with E-state index < -0.39 is 5.60 Å². The molecule has 4 nitrogen and oxygen atoms in total. The van der Waals surface area contributed by atoms with E-state index in [1.807, 2.05) is 63.2 Å². The van der Waals surface area contributed by atoms with Crippen LogP contribution >= 0.6 is 0 Å². The largest absolute Gasteiger partial charge is 0.488 e. The smallest absolute Gasteiger partial charge is 0.338 e. The second-order valence-electron chi connectivity index (χ2n) is 7.73. The Hall–Kier alpha value is -3.40. The Morgan fingerprint density at radius 2 is 1.62 bits per heavy atom. The van der Waals surface area contributed by atoms with Crippen LogP contribution in [0.15, 0.2) is 72.8 Å². The number of hydrogen-bond acceptors (Lipinski definition) is 4. The van der Waals surface area contributed by atoms with Gasteiger partial charge in [-0.25, -0.2) is 4.79 Å². The van der Waals surface area contributed by atoms with Gasteiger partial charge in [0.25, 0.3) is 0 Å². The number of hydrogen-bond donors (Lipinski definition) is 0. The molecule has 4 heteroatoms. The fraction of sp³-hybridized carbons (Fsp3) is 0.200. The summed E-state index contributed by atoms with van der Waals surface area (Å²) in [5, 5.41) is 0. The summed E-state index contributed by atoms with van der Waals surface area (Å²) in [6, 6.07) is 22.3. The molecule has 3 rings (SSSR count). The van der Waals surface area contributed by atoms with E-state index in [9.17, 15) is 9.59 Å². The molecule has 0 amide bonds. The number of carbonyl (C=O) groups excluding carboxylic acids is 2. The lowest BCUT2D eigenvalue weighted by atomic mass is 10.0. The quantitative estimate of drug-likeness (QED) is 0.401. The molecule has 0 aliphatic heterocycles. The summed E-state index contributed by atoms with van der Waals surface area (Å²) in [6.07, 6.45) is 0.805. The fourth-order valence-corrected chi connectivity index (χ4v) is 2.83. The van der Waals surface area contributed by atoms with E-state index in [2.05, 4.69) is 0 Å². The molecule has 0 aliphatic rings. The summed E-state index contributed by atoms with van der Waals surface area (Å²) in [6.45, 7) is 5.92. The molecule has 0 aromatic heterocycles. The highest BCUT2D eigenvalue weighted by Crippen LogP contribution is 2.32. The molecule has 148 valence electrons. The average Bonchev–Trinajstić information content (AvgIpc) is 2.72. The van der Waals surface area contributed by atoms with Gasteiger partial charge in [-0.1, -0.05) is 42.5 Å². The zero-order chi connectivity index (χ0) is 20.9. The standard InChI is InChI=1S/C25H24O4/c1-25(2,3)29-24(27)21-12-10-20(11-13-21)22-15-19(16-26)9-14-23(22)28-17-18-7-5-4-6-8-18/h4-16H,17H2,1-3H3. The number of carbonyl (C=O) groups is 2. The maximum Gasteiger partial charge on any atom is 0.338 e. The van der Waals surface area contributed by atoms with Crippen LogP contribution in [0.3, 0.4) is 0 Å². The van der Waals surface area contributed by atoms with E-state index in [4.69, 9.17) is 9.47 Å². The summed E-state index contributed by atoms with van der Waals surface area (Å²) in [5.41, 5.74) is 3.18. The van der Waals surface area contributed by atoms with Crippen LogP contribution in [0.25, 0.3) is 11.1 Å². The first-order chi connectivity index (χ1) is 13.9. The number of benzene rings is 3. The monoisotopic (exact) mass is 388 g/mol. The maximum atomic E-state index is 12.2. The molecule has 3 aromatic rings. The third kappa shape index (κ3) is 5.55. The molecule has 29 heavy (non-hydrogen) atoms. The Balaban J connectivity index is 1.86. The highest BCUT2D eigenvalue weighted by molar-refractivity contribution is 5.90. The molecule has 0 bridgehead atoms. The van der Waals surface area contributed by atoms with Crippen molar-refractivity contribution in [3.05, 3.63) is 89.5 Å². The predicted octanol–water partition coefficient (Wildman–Crippen LogP) is 5.70. The molecular formula is C25H24O4. The highest BCUT2D eigenvalue weighted by atomic mass is 16.6. The van der Waals surface area contributed by atoms with Gasteiger partial charge in [0.2, 0.25) is 0 Å². The van der Waals surface area contributed by atoms with Gasteiger partial charge >= 0.3 is 5.97 Å². The molecule has 0 radical (unpaired) electrons. The second-order valence-corrected chi connectivity index (χ2v) is 7.73. The van der Waals surface area contributed by atoms with E-state index in [1.165, 1.54) is 0 Å². The zero-order valence-electron chi connectivity index (χ0n) is 16.8. The summed E-state index contributed by atoms with van der Waals surface area (Å²) < 4.78 is 11.4. The number of ether oxygens (including phenoxy) is 2. The highest BCUT2D eigenvalue weighted by Gasteiger charge is 2.18. The molecule has 0 heterocycles. The van der Waals surface area contributed by atoms with Crippen LogP contribution in [0.2, 0.25) is 0 Å². The van der Waals surface area contributed by atoms with E-state index in [0.717, 1.165) is 23.0 Å². The van der Waals surface area contributed by atoms with Crippen molar-refractivity contribution in [1.82, 2.24) is 0 Å². The van der Waals surface area contributed by atoms with Gasteiger partial charge in [-0.2, -0.15) is 0 Å². The van der Waals surface area contributed by atoms with Gasteiger partial charge in [0.15, 0.2) is 0 Å². The summed E-state index contributed by atoms with van der Waals surface area (Å²) in [7, 11) is 0. The molecule has 0 atom stereocenters. The maximum absolute atomic E-state index is 12.2. The van der Waals surface area contributed by atoms with Crippen molar-refractivity contribution in [1.29, 1.82) is 0 Å². The lowest BCUT2D eigenvalue weighted by molar-refractivity contribution is 0.00695. The first kappa shape index (κ1) is 20.3. The third-order valence-corrected chi connectivity index (χ3v) is 4.21. The molecule has 3 aromatic carbocycles. The van der Waals surface area contributed by atoms with Crippen molar-refractivity contribution in [2.24, 2.45) is 0 Å². The van der Waals surface area contributed by atoms with Crippen LogP contribution in [-0.4, -0.2) is 17.9 Å². The molecule has 0 N–H and O–H groups in total. The van der Waals surface area contributed by atoms with Gasteiger partial charge in [-0.05, 0) is 62.2 Å². The lowest BCUT2D eigenvalue weighted by Crippen LogP contribution is -2.23. The molecular weight excluding hydrogens is 364 g/mol. The van der Waals surface area contributed by atoms with Gasteiger partial charge in [0.05, 0.1) is 5.56 Å². The summed E-state index contributed by atoms with van der Waals surface area (Å²) in [4.78, 5) is 23.5. The van der Waals surface area contributed by atoms with Crippen molar-refractivity contribution in [3.8, 4) is 16.9 Å². The molecule has 0 fully saturated rings. The molecule has 0 saturated carbocycles. The zero-order valence-corrected chi connectivity index (χ0v) is 16.8. The van der Waals surface area contributed by atoms with Gasteiger partial charge in [-0.15, -0.1) is 0 Å². The van der Waals surface area contributed by atoms with Crippen molar-refractivity contribution in [3.63, 3.8) is 0 Å². The molecule has 0 saturated heterocycles. The van der Waals surface area contributed by atoms with Crippen molar-refractivity contribution >= 4 is 12.3 Å². The van der Waals surface area contributed by atoms with E-state index in [0.29, 0.717) is 23.5 Å². The molecule has 0 spiro atoms. The fourth-order valence-electron chi connectivity index (χ4n) is 2.83. The van der Waals surface area contributed by atoms with Crippen LogP contribution < -0.4 is 4.74 Å². The lowest BCUT2D eigenvalue weighted by Gasteiger charge is -2.19. The number of esters is 1. The van der Waals surface area contributed by atoms with E-state index in [-0.39, 0.29) is 5.97 Å². The van der Waals surface area contributed by atoms with Gasteiger partial charge < -0.3 is 9.47 Å². The molecule has 0 aliphatic carbocycles. The number of aldehydes is 1. The Labute approximate surface area is 171 Å². The van der Waals surface area contributed by atoms with Gasteiger partial charge in [0, 0.05) is 11.1 Å². The van der Waals surface area contributed by atoms with Gasteiger partial charge in [0.1, 0.15) is 24.2 Å². The van der Waals surface area contributed by atoms with Crippen LogP contribution in [0, 0.1) is 0 Å².